The molecule has 0 saturated carbocycles. The first-order valence-corrected chi connectivity index (χ1v) is 4.77. The predicted molar refractivity (Wildman–Crippen MR) is 66.9 cm³/mol. The average Bonchev–Trinajstić information content (AvgIpc) is 2.60. The predicted octanol–water partition coefficient (Wildman–Crippen LogP) is 2.84. The van der Waals surface area contributed by atoms with Crippen molar-refractivity contribution in [3.05, 3.63) is 28.2 Å². The van der Waals surface area contributed by atoms with Gasteiger partial charge in [0.25, 0.3) is 0 Å². The van der Waals surface area contributed by atoms with Crippen LogP contribution in [0.15, 0.2) is 22.6 Å². The topological polar surface area (TPSA) is 29.5 Å². The smallest absolute Gasteiger partial charge is 0.337 e. The SMILES string of the molecule is [2H]c1c(Br)c([2H])c(N2C([2H])([2H])C([2H])([2H])C([2H])([2H])C2([2H])[2H])c([2H])c1C(=O)OC([2H])([2H])[2H]. The van der Waals surface area contributed by atoms with Gasteiger partial charge in [0.05, 0.1) is 20.8 Å². The summed E-state index contributed by atoms with van der Waals surface area (Å²) in [6.07, 6.45) is -6.96. The summed E-state index contributed by atoms with van der Waals surface area (Å²) in [6, 6.07) is -2.96. The first kappa shape index (κ1) is 3.25. The van der Waals surface area contributed by atoms with E-state index in [2.05, 4.69) is 20.7 Å². The van der Waals surface area contributed by atoms with E-state index < -0.39 is 72.6 Å². The van der Waals surface area contributed by atoms with Crippen LogP contribution in [0.5, 0.6) is 0 Å². The van der Waals surface area contributed by atoms with E-state index in [-0.39, 0.29) is 4.90 Å². The van der Waals surface area contributed by atoms with Gasteiger partial charge in [0.15, 0.2) is 0 Å². The number of anilines is 1. The molecule has 0 N–H and O–H groups in total. The molecule has 1 aliphatic rings. The van der Waals surface area contributed by atoms with Crippen molar-refractivity contribution in [1.29, 1.82) is 0 Å². The molecule has 1 fully saturated rings. The molecule has 0 atom stereocenters. The van der Waals surface area contributed by atoms with Gasteiger partial charge in [-0.15, -0.1) is 0 Å². The fourth-order valence-corrected chi connectivity index (χ4v) is 1.38. The highest BCUT2D eigenvalue weighted by Gasteiger charge is 2.15. The molecule has 1 saturated heterocycles. The molecule has 0 bridgehead atoms. The lowest BCUT2D eigenvalue weighted by atomic mass is 10.2. The normalized spacial score (nSPS) is 41.4. The third kappa shape index (κ3) is 2.38. The van der Waals surface area contributed by atoms with Gasteiger partial charge in [-0.05, 0) is 30.9 Å². The lowest BCUT2D eigenvalue weighted by Gasteiger charge is -2.18. The molecule has 0 radical (unpaired) electrons. The molecular formula is C12H14BrNO2. The maximum atomic E-state index is 12.3. The average molecular weight is 298 g/mol. The Labute approximate surface area is 123 Å². The Morgan fingerprint density at radius 3 is 3.00 bits per heavy atom. The number of rotatable bonds is 2. The van der Waals surface area contributed by atoms with Crippen molar-refractivity contribution in [2.45, 2.75) is 12.7 Å². The van der Waals surface area contributed by atoms with Crippen molar-refractivity contribution in [2.24, 2.45) is 0 Å². The number of carbonyl (C=O) groups is 1. The molecule has 0 amide bonds. The van der Waals surface area contributed by atoms with Crippen LogP contribution in [0, 0.1) is 0 Å². The summed E-state index contributed by atoms with van der Waals surface area (Å²) in [4.78, 5) is 12.1. The number of hydrogen-bond donors (Lipinski definition) is 0. The van der Waals surface area contributed by atoms with E-state index in [0.717, 1.165) is 0 Å². The van der Waals surface area contributed by atoms with Crippen LogP contribution < -0.4 is 4.90 Å². The van der Waals surface area contributed by atoms with E-state index in [1.54, 1.807) is 0 Å². The molecule has 0 aliphatic carbocycles. The summed E-state index contributed by atoms with van der Waals surface area (Å²) < 4.78 is 112. The molecule has 1 aromatic rings. The fourth-order valence-electron chi connectivity index (χ4n) is 0.998. The van der Waals surface area contributed by atoms with Crippen molar-refractivity contribution in [1.82, 2.24) is 0 Å². The summed E-state index contributed by atoms with van der Waals surface area (Å²) >= 11 is 2.78. The molecule has 1 aromatic carbocycles. The van der Waals surface area contributed by atoms with Gasteiger partial charge in [-0.3, -0.25) is 0 Å². The molecule has 0 unspecified atom stereocenters. The zero-order valence-corrected chi connectivity index (χ0v) is 9.23. The quantitative estimate of drug-likeness (QED) is 0.786. The number of esters is 1. The Hall–Kier alpha value is -1.03. The molecular weight excluding hydrogens is 270 g/mol. The van der Waals surface area contributed by atoms with Crippen molar-refractivity contribution in [2.75, 3.05) is 24.9 Å². The molecule has 2 rings (SSSR count). The van der Waals surface area contributed by atoms with Crippen molar-refractivity contribution >= 4 is 27.6 Å². The zero-order valence-electron chi connectivity index (χ0n) is 21.6. The Morgan fingerprint density at radius 1 is 1.56 bits per heavy atom. The highest BCUT2D eigenvalue weighted by molar-refractivity contribution is 9.10. The summed E-state index contributed by atoms with van der Waals surface area (Å²) in [7, 11) is -3.27. The van der Waals surface area contributed by atoms with Crippen LogP contribution in [0.2, 0.25) is 0 Å². The third-order valence-corrected chi connectivity index (χ3v) is 2.02. The van der Waals surface area contributed by atoms with E-state index in [0.29, 0.717) is 0 Å². The van der Waals surface area contributed by atoms with Crippen LogP contribution in [0.4, 0.5) is 5.69 Å². The monoisotopic (exact) mass is 297 g/mol. The largest absolute Gasteiger partial charge is 0.465 e. The van der Waals surface area contributed by atoms with Gasteiger partial charge in [-0.1, -0.05) is 15.9 Å². The molecule has 16 heavy (non-hydrogen) atoms. The number of ether oxygens (including phenoxy) is 1. The number of halogens is 1. The highest BCUT2D eigenvalue weighted by Crippen LogP contribution is 2.26. The number of benzene rings is 1. The van der Waals surface area contributed by atoms with Crippen LogP contribution in [-0.2, 0) is 4.74 Å². The number of carbonyl (C=O) groups excluding carboxylic acids is 1. The first-order chi connectivity index (χ1) is 13.1. The number of methoxy groups -OCH3 is 1. The maximum absolute atomic E-state index is 12.3. The molecule has 1 heterocycles. The standard InChI is InChI=1S/C12H14BrNO2/c1-16-12(15)9-6-10(13)8-11(7-9)14-4-2-3-5-14/h6-8H,2-5H2,1H3/i1D3,2D2,3D2,4D2,5D2,6D,7D,8D. The first-order valence-electron chi connectivity index (χ1n) is 11.0. The Kier molecular flexibility index (Phi) is 0.990. The summed E-state index contributed by atoms with van der Waals surface area (Å²) in [5.41, 5.74) is -2.11. The molecule has 3 nitrogen and oxygen atoms in total. The second-order valence-corrected chi connectivity index (χ2v) is 3.40. The summed E-state index contributed by atoms with van der Waals surface area (Å²) in [5, 5.41) is 0. The molecule has 1 aliphatic heterocycles. The van der Waals surface area contributed by atoms with E-state index in [1.807, 2.05) is 0 Å². The fraction of sp³-hybridized carbons (Fsp3) is 0.417. The summed E-state index contributed by atoms with van der Waals surface area (Å²) in [5.74, 6) is -1.71. The van der Waals surface area contributed by atoms with Gasteiger partial charge in [-0.2, -0.15) is 0 Å². The second kappa shape index (κ2) is 4.87. The van der Waals surface area contributed by atoms with Crippen LogP contribution in [-0.4, -0.2) is 26.0 Å². The van der Waals surface area contributed by atoms with Gasteiger partial charge < -0.3 is 9.64 Å². The number of nitrogens with zero attached hydrogens (tertiary/aromatic N) is 1. The van der Waals surface area contributed by atoms with Gasteiger partial charge in [0, 0.05) is 34.1 Å². The van der Waals surface area contributed by atoms with Gasteiger partial charge in [-0.25, -0.2) is 4.79 Å². The molecule has 86 valence electrons. The van der Waals surface area contributed by atoms with Crippen LogP contribution in [0.1, 0.15) is 42.3 Å². The maximum Gasteiger partial charge on any atom is 0.337 e. The van der Waals surface area contributed by atoms with Crippen LogP contribution in [0.3, 0.4) is 0 Å². The van der Waals surface area contributed by atoms with E-state index in [4.69, 9.17) is 19.2 Å². The molecule has 0 spiro atoms. The lowest BCUT2D eigenvalue weighted by Crippen LogP contribution is -2.18. The third-order valence-electron chi connectivity index (χ3n) is 1.62. The lowest BCUT2D eigenvalue weighted by molar-refractivity contribution is 0.0600. The minimum Gasteiger partial charge on any atom is -0.465 e. The van der Waals surface area contributed by atoms with Crippen molar-refractivity contribution < 1.29 is 28.7 Å². The van der Waals surface area contributed by atoms with E-state index >= 15 is 0 Å². The Bertz CT molecular complexity index is 885. The Balaban J connectivity index is 2.91. The minimum atomic E-state index is -3.48. The minimum absolute atomic E-state index is 0.110. The van der Waals surface area contributed by atoms with Crippen molar-refractivity contribution in [3.63, 3.8) is 0 Å². The number of hydrogen-bond acceptors (Lipinski definition) is 3. The second-order valence-electron chi connectivity index (χ2n) is 2.61. The van der Waals surface area contributed by atoms with Gasteiger partial charge in [0.1, 0.15) is 0 Å². The van der Waals surface area contributed by atoms with Crippen LogP contribution in [0.25, 0.3) is 0 Å². The van der Waals surface area contributed by atoms with Crippen LogP contribution >= 0.6 is 15.9 Å². The zero-order chi connectivity index (χ0) is 23.8. The van der Waals surface area contributed by atoms with E-state index in [1.165, 1.54) is 0 Å². The Morgan fingerprint density at radius 2 is 2.31 bits per heavy atom. The van der Waals surface area contributed by atoms with Gasteiger partial charge >= 0.3 is 5.97 Å². The highest BCUT2D eigenvalue weighted by atomic mass is 79.9. The summed E-state index contributed by atoms with van der Waals surface area (Å²) in [6.45, 7) is -6.92. The van der Waals surface area contributed by atoms with Crippen molar-refractivity contribution in [3.8, 4) is 0 Å². The molecule has 0 aromatic heterocycles. The van der Waals surface area contributed by atoms with E-state index in [9.17, 15) is 4.79 Å². The van der Waals surface area contributed by atoms with Gasteiger partial charge in [0.2, 0.25) is 0 Å². The molecule has 4 heteroatoms.